The number of carbonyl (C=O) groups is 2. The topological polar surface area (TPSA) is 74.3 Å². The lowest BCUT2D eigenvalue weighted by Crippen LogP contribution is -2.40. The average Bonchev–Trinajstić information content (AvgIpc) is 3.24. The van der Waals surface area contributed by atoms with E-state index in [1.165, 1.54) is 4.88 Å². The van der Waals surface area contributed by atoms with E-state index < -0.39 is 0 Å². The highest BCUT2D eigenvalue weighted by Gasteiger charge is 2.26. The summed E-state index contributed by atoms with van der Waals surface area (Å²) in [5.74, 6) is 0.378. The molecule has 142 valence electrons. The molecule has 3 heterocycles. The number of fused-ring (bicyclic) bond motifs is 1. The first-order valence-electron chi connectivity index (χ1n) is 9.09. The summed E-state index contributed by atoms with van der Waals surface area (Å²) < 4.78 is 0. The Balaban J connectivity index is 1.50. The van der Waals surface area contributed by atoms with Gasteiger partial charge in [0.15, 0.2) is 5.82 Å². The van der Waals surface area contributed by atoms with Crippen LogP contribution in [0.2, 0.25) is 0 Å². The standard InChI is InChI=1S/C21H20N4O2S/c26-19-13-24-20-18(25(19)14-15-5-2-1-3-6-15)11-16(12-23-20)21(27)22-9-8-17-7-4-10-28-17/h1-7,10-12H,8-9,13-14H2,(H,22,27)(H,23,24). The van der Waals surface area contributed by atoms with Crippen molar-refractivity contribution in [1.82, 2.24) is 10.3 Å². The first-order chi connectivity index (χ1) is 13.7. The van der Waals surface area contributed by atoms with Crippen LogP contribution in [0.5, 0.6) is 0 Å². The predicted octanol–water partition coefficient (Wildman–Crippen LogP) is 3.07. The molecular formula is C21H20N4O2S. The van der Waals surface area contributed by atoms with Crippen molar-refractivity contribution in [1.29, 1.82) is 0 Å². The van der Waals surface area contributed by atoms with Crippen LogP contribution in [0.15, 0.2) is 60.1 Å². The zero-order valence-corrected chi connectivity index (χ0v) is 16.0. The van der Waals surface area contributed by atoms with Crippen LogP contribution in [0.3, 0.4) is 0 Å². The first-order valence-corrected chi connectivity index (χ1v) is 9.97. The summed E-state index contributed by atoms with van der Waals surface area (Å²) in [4.78, 5) is 32.3. The largest absolute Gasteiger partial charge is 0.359 e. The number of aromatic nitrogens is 1. The van der Waals surface area contributed by atoms with E-state index in [4.69, 9.17) is 0 Å². The molecule has 1 aliphatic rings. The number of thiophene rings is 1. The maximum atomic E-state index is 12.5. The van der Waals surface area contributed by atoms with Crippen molar-refractivity contribution in [2.24, 2.45) is 0 Å². The average molecular weight is 392 g/mol. The molecule has 0 aliphatic carbocycles. The van der Waals surface area contributed by atoms with Crippen molar-refractivity contribution < 1.29 is 9.59 Å². The Morgan fingerprint density at radius 3 is 2.86 bits per heavy atom. The summed E-state index contributed by atoms with van der Waals surface area (Å²) in [6.07, 6.45) is 2.34. The Kier molecular flexibility index (Phi) is 5.34. The lowest BCUT2D eigenvalue weighted by atomic mass is 10.1. The molecule has 6 nitrogen and oxygen atoms in total. The molecule has 28 heavy (non-hydrogen) atoms. The minimum absolute atomic E-state index is 0.0478. The van der Waals surface area contributed by atoms with E-state index in [-0.39, 0.29) is 18.4 Å². The summed E-state index contributed by atoms with van der Waals surface area (Å²) in [6.45, 7) is 1.19. The van der Waals surface area contributed by atoms with E-state index in [0.29, 0.717) is 30.2 Å². The number of carbonyl (C=O) groups excluding carboxylic acids is 2. The van der Waals surface area contributed by atoms with Crippen molar-refractivity contribution in [3.05, 3.63) is 76.1 Å². The third-order valence-corrected chi connectivity index (χ3v) is 5.49. The van der Waals surface area contributed by atoms with Gasteiger partial charge in [0, 0.05) is 17.6 Å². The van der Waals surface area contributed by atoms with E-state index in [0.717, 1.165) is 12.0 Å². The van der Waals surface area contributed by atoms with Gasteiger partial charge >= 0.3 is 0 Å². The Morgan fingerprint density at radius 2 is 2.07 bits per heavy atom. The number of nitrogens with one attached hydrogen (secondary N) is 2. The van der Waals surface area contributed by atoms with Gasteiger partial charge in [0.25, 0.3) is 5.91 Å². The molecule has 0 fully saturated rings. The van der Waals surface area contributed by atoms with Gasteiger partial charge in [-0.15, -0.1) is 11.3 Å². The van der Waals surface area contributed by atoms with Crippen LogP contribution in [-0.2, 0) is 17.8 Å². The van der Waals surface area contributed by atoms with Crippen LogP contribution in [0, 0.1) is 0 Å². The Morgan fingerprint density at radius 1 is 1.21 bits per heavy atom. The zero-order valence-electron chi connectivity index (χ0n) is 15.2. The molecule has 1 aliphatic heterocycles. The molecule has 0 saturated heterocycles. The monoisotopic (exact) mass is 392 g/mol. The molecule has 2 amide bonds. The van der Waals surface area contributed by atoms with Crippen molar-refractivity contribution in [3.63, 3.8) is 0 Å². The van der Waals surface area contributed by atoms with E-state index in [2.05, 4.69) is 21.7 Å². The summed E-state index contributed by atoms with van der Waals surface area (Å²) >= 11 is 1.67. The number of anilines is 2. The maximum Gasteiger partial charge on any atom is 0.252 e. The number of hydrogen-bond donors (Lipinski definition) is 2. The Labute approximate surface area is 167 Å². The third-order valence-electron chi connectivity index (χ3n) is 4.55. The highest BCUT2D eigenvalue weighted by molar-refractivity contribution is 7.09. The lowest BCUT2D eigenvalue weighted by Gasteiger charge is -2.29. The molecule has 2 aromatic heterocycles. The van der Waals surface area contributed by atoms with E-state index in [1.807, 2.05) is 41.8 Å². The second-order valence-corrected chi connectivity index (χ2v) is 7.53. The SMILES string of the molecule is O=C(NCCc1cccs1)c1cnc2c(c1)N(Cc1ccccc1)C(=O)CN2. The second kappa shape index (κ2) is 8.22. The Hall–Kier alpha value is -3.19. The van der Waals surface area contributed by atoms with Crippen LogP contribution in [0.1, 0.15) is 20.8 Å². The molecule has 0 saturated carbocycles. The summed E-state index contributed by atoms with van der Waals surface area (Å²) in [5.41, 5.74) is 2.10. The predicted molar refractivity (Wildman–Crippen MR) is 111 cm³/mol. The normalized spacial score (nSPS) is 13.0. The fraction of sp³-hybridized carbons (Fsp3) is 0.190. The van der Waals surface area contributed by atoms with Gasteiger partial charge in [0.1, 0.15) is 0 Å². The molecule has 3 aromatic rings. The molecule has 0 bridgehead atoms. The quantitative estimate of drug-likeness (QED) is 0.676. The van der Waals surface area contributed by atoms with Crippen LogP contribution >= 0.6 is 11.3 Å². The highest BCUT2D eigenvalue weighted by atomic mass is 32.1. The van der Waals surface area contributed by atoms with Crippen LogP contribution in [0.4, 0.5) is 11.5 Å². The molecule has 0 unspecified atom stereocenters. The minimum Gasteiger partial charge on any atom is -0.359 e. The molecule has 0 radical (unpaired) electrons. The molecule has 1 aromatic carbocycles. The van der Waals surface area contributed by atoms with Gasteiger partial charge in [-0.1, -0.05) is 36.4 Å². The van der Waals surface area contributed by atoms with Gasteiger partial charge in [-0.3, -0.25) is 9.59 Å². The molecule has 7 heteroatoms. The highest BCUT2D eigenvalue weighted by Crippen LogP contribution is 2.29. The van der Waals surface area contributed by atoms with Crippen LogP contribution < -0.4 is 15.5 Å². The number of benzene rings is 1. The number of hydrogen-bond acceptors (Lipinski definition) is 5. The van der Waals surface area contributed by atoms with Gasteiger partial charge < -0.3 is 15.5 Å². The third kappa shape index (κ3) is 4.04. The lowest BCUT2D eigenvalue weighted by molar-refractivity contribution is -0.117. The number of amides is 2. The summed E-state index contributed by atoms with van der Waals surface area (Å²) in [7, 11) is 0. The van der Waals surface area contributed by atoms with Gasteiger partial charge in [-0.05, 0) is 29.5 Å². The van der Waals surface area contributed by atoms with Gasteiger partial charge in [0.2, 0.25) is 5.91 Å². The van der Waals surface area contributed by atoms with Gasteiger partial charge in [-0.2, -0.15) is 0 Å². The fourth-order valence-electron chi connectivity index (χ4n) is 3.10. The first kappa shape index (κ1) is 18.2. The minimum atomic E-state index is -0.190. The van der Waals surface area contributed by atoms with Crippen molar-refractivity contribution in [2.75, 3.05) is 23.3 Å². The smallest absolute Gasteiger partial charge is 0.252 e. The van der Waals surface area contributed by atoms with Crippen molar-refractivity contribution in [2.45, 2.75) is 13.0 Å². The van der Waals surface area contributed by atoms with Gasteiger partial charge in [0.05, 0.1) is 24.3 Å². The van der Waals surface area contributed by atoms with Crippen LogP contribution in [0.25, 0.3) is 0 Å². The zero-order chi connectivity index (χ0) is 19.3. The number of rotatable bonds is 6. The van der Waals surface area contributed by atoms with Crippen molar-refractivity contribution in [3.8, 4) is 0 Å². The van der Waals surface area contributed by atoms with E-state index in [1.54, 1.807) is 28.5 Å². The molecule has 0 atom stereocenters. The van der Waals surface area contributed by atoms with E-state index >= 15 is 0 Å². The maximum absolute atomic E-state index is 12.5. The molecule has 2 N–H and O–H groups in total. The number of nitrogens with zero attached hydrogens (tertiary/aromatic N) is 2. The summed E-state index contributed by atoms with van der Waals surface area (Å²) in [5, 5.41) is 7.97. The number of pyridine rings is 1. The van der Waals surface area contributed by atoms with Gasteiger partial charge in [-0.25, -0.2) is 4.98 Å². The second-order valence-electron chi connectivity index (χ2n) is 6.50. The fourth-order valence-corrected chi connectivity index (χ4v) is 3.81. The molecular weight excluding hydrogens is 372 g/mol. The summed E-state index contributed by atoms with van der Waals surface area (Å²) in [6, 6.07) is 15.6. The van der Waals surface area contributed by atoms with Crippen LogP contribution in [-0.4, -0.2) is 29.9 Å². The molecule has 0 spiro atoms. The van der Waals surface area contributed by atoms with Crippen molar-refractivity contribution >= 4 is 34.7 Å². The van der Waals surface area contributed by atoms with E-state index in [9.17, 15) is 9.59 Å². The molecule has 4 rings (SSSR count). The Bertz CT molecular complexity index is 973.